The van der Waals surface area contributed by atoms with Crippen molar-refractivity contribution in [1.82, 2.24) is 15.5 Å². The SMILES string of the molecule is CC1CCCN(CC(C)NC(=O)[C@H]2CCN[C@@H](C)C2)C1. The summed E-state index contributed by atoms with van der Waals surface area (Å²) in [5.41, 5.74) is 0. The summed E-state index contributed by atoms with van der Waals surface area (Å²) in [7, 11) is 0. The van der Waals surface area contributed by atoms with Crippen molar-refractivity contribution < 1.29 is 4.79 Å². The first-order valence-electron chi connectivity index (χ1n) is 8.30. The van der Waals surface area contributed by atoms with Gasteiger partial charge in [-0.3, -0.25) is 4.79 Å². The largest absolute Gasteiger partial charge is 0.352 e. The van der Waals surface area contributed by atoms with Crippen LogP contribution in [0.25, 0.3) is 0 Å². The molecule has 2 aliphatic heterocycles. The minimum atomic E-state index is 0.203. The zero-order valence-electron chi connectivity index (χ0n) is 13.3. The van der Waals surface area contributed by atoms with Crippen molar-refractivity contribution in [3.05, 3.63) is 0 Å². The van der Waals surface area contributed by atoms with Crippen molar-refractivity contribution in [2.75, 3.05) is 26.2 Å². The molecular weight excluding hydrogens is 250 g/mol. The Morgan fingerprint density at radius 1 is 1.40 bits per heavy atom. The second kappa shape index (κ2) is 7.41. The van der Waals surface area contributed by atoms with E-state index in [1.165, 1.54) is 25.9 Å². The van der Waals surface area contributed by atoms with E-state index >= 15 is 0 Å². The third-order valence-corrected chi connectivity index (χ3v) is 4.66. The van der Waals surface area contributed by atoms with Gasteiger partial charge in [-0.2, -0.15) is 0 Å². The summed E-state index contributed by atoms with van der Waals surface area (Å²) in [5.74, 6) is 1.27. The Morgan fingerprint density at radius 2 is 2.20 bits per heavy atom. The average molecular weight is 281 g/mol. The normalized spacial score (nSPS) is 33.6. The van der Waals surface area contributed by atoms with Gasteiger partial charge in [-0.05, 0) is 58.5 Å². The van der Waals surface area contributed by atoms with Crippen molar-refractivity contribution >= 4 is 5.91 Å². The van der Waals surface area contributed by atoms with E-state index in [0.29, 0.717) is 6.04 Å². The molecule has 2 N–H and O–H groups in total. The lowest BCUT2D eigenvalue weighted by atomic mass is 9.92. The molecule has 0 aromatic heterocycles. The Balaban J connectivity index is 1.73. The van der Waals surface area contributed by atoms with Gasteiger partial charge in [-0.25, -0.2) is 0 Å². The molecule has 0 aromatic rings. The van der Waals surface area contributed by atoms with Crippen LogP contribution in [0.1, 0.15) is 46.5 Å². The lowest BCUT2D eigenvalue weighted by Crippen LogP contribution is -2.48. The Morgan fingerprint density at radius 3 is 2.90 bits per heavy atom. The number of rotatable bonds is 4. The van der Waals surface area contributed by atoms with Gasteiger partial charge < -0.3 is 15.5 Å². The summed E-state index contributed by atoms with van der Waals surface area (Å²) in [6.07, 6.45) is 4.60. The number of piperidine rings is 2. The summed E-state index contributed by atoms with van der Waals surface area (Å²) < 4.78 is 0. The van der Waals surface area contributed by atoms with E-state index in [9.17, 15) is 4.79 Å². The van der Waals surface area contributed by atoms with Crippen molar-refractivity contribution in [2.45, 2.75) is 58.5 Å². The fourth-order valence-corrected chi connectivity index (χ4v) is 3.62. The molecule has 20 heavy (non-hydrogen) atoms. The topological polar surface area (TPSA) is 44.4 Å². The zero-order valence-corrected chi connectivity index (χ0v) is 13.3. The number of carbonyl (C=O) groups is 1. The highest BCUT2D eigenvalue weighted by molar-refractivity contribution is 5.79. The number of amides is 1. The summed E-state index contributed by atoms with van der Waals surface area (Å²) >= 11 is 0. The molecular formula is C16H31N3O. The zero-order chi connectivity index (χ0) is 14.5. The van der Waals surface area contributed by atoms with Gasteiger partial charge in [0.1, 0.15) is 0 Å². The Labute approximate surface area is 123 Å². The maximum atomic E-state index is 12.3. The van der Waals surface area contributed by atoms with E-state index in [2.05, 4.69) is 36.3 Å². The van der Waals surface area contributed by atoms with Gasteiger partial charge in [-0.15, -0.1) is 0 Å². The molecule has 0 radical (unpaired) electrons. The van der Waals surface area contributed by atoms with Crippen molar-refractivity contribution in [3.8, 4) is 0 Å². The lowest BCUT2D eigenvalue weighted by molar-refractivity contribution is -0.126. The highest BCUT2D eigenvalue weighted by Gasteiger charge is 2.26. The van der Waals surface area contributed by atoms with Crippen LogP contribution >= 0.6 is 0 Å². The minimum Gasteiger partial charge on any atom is -0.352 e. The number of likely N-dealkylation sites (tertiary alicyclic amines) is 1. The molecule has 0 saturated carbocycles. The summed E-state index contributed by atoms with van der Waals surface area (Å²) in [6.45, 7) is 11.0. The van der Waals surface area contributed by atoms with Crippen molar-refractivity contribution in [1.29, 1.82) is 0 Å². The van der Waals surface area contributed by atoms with E-state index in [1.807, 2.05) is 0 Å². The third-order valence-electron chi connectivity index (χ3n) is 4.66. The average Bonchev–Trinajstić information content (AvgIpc) is 2.38. The van der Waals surface area contributed by atoms with Gasteiger partial charge in [0.25, 0.3) is 0 Å². The number of hydrogen-bond acceptors (Lipinski definition) is 3. The molecule has 2 heterocycles. The van der Waals surface area contributed by atoms with Gasteiger partial charge in [0, 0.05) is 31.1 Å². The molecule has 0 aromatic carbocycles. The molecule has 2 unspecified atom stereocenters. The molecule has 4 atom stereocenters. The smallest absolute Gasteiger partial charge is 0.223 e. The van der Waals surface area contributed by atoms with E-state index in [4.69, 9.17) is 0 Å². The van der Waals surface area contributed by atoms with Crippen LogP contribution in [-0.2, 0) is 4.79 Å². The summed E-state index contributed by atoms with van der Waals surface area (Å²) in [6, 6.07) is 0.732. The number of nitrogens with zero attached hydrogens (tertiary/aromatic N) is 1. The van der Waals surface area contributed by atoms with Gasteiger partial charge in [0.15, 0.2) is 0 Å². The van der Waals surface area contributed by atoms with Crippen LogP contribution in [0.3, 0.4) is 0 Å². The van der Waals surface area contributed by atoms with Crippen molar-refractivity contribution in [2.24, 2.45) is 11.8 Å². The standard InChI is InChI=1S/C16H31N3O/c1-12-5-4-8-19(10-12)11-14(3)18-16(20)15-6-7-17-13(2)9-15/h12-15,17H,4-11H2,1-3H3,(H,18,20)/t12?,13-,14?,15-/m0/s1. The van der Waals surface area contributed by atoms with Gasteiger partial charge in [0.2, 0.25) is 5.91 Å². The number of carbonyl (C=O) groups excluding carboxylic acids is 1. The fourth-order valence-electron chi connectivity index (χ4n) is 3.62. The first-order chi connectivity index (χ1) is 9.54. The molecule has 2 fully saturated rings. The molecule has 116 valence electrons. The molecule has 2 saturated heterocycles. The lowest BCUT2D eigenvalue weighted by Gasteiger charge is -2.34. The predicted molar refractivity (Wildman–Crippen MR) is 82.6 cm³/mol. The van der Waals surface area contributed by atoms with Crippen LogP contribution in [0.15, 0.2) is 0 Å². The van der Waals surface area contributed by atoms with E-state index in [0.717, 1.165) is 31.8 Å². The first-order valence-corrected chi connectivity index (χ1v) is 8.30. The first kappa shape index (κ1) is 15.8. The van der Waals surface area contributed by atoms with Gasteiger partial charge in [0.05, 0.1) is 0 Å². The molecule has 2 aliphatic rings. The van der Waals surface area contributed by atoms with Crippen LogP contribution in [0.2, 0.25) is 0 Å². The Kier molecular flexibility index (Phi) is 5.85. The highest BCUT2D eigenvalue weighted by Crippen LogP contribution is 2.17. The molecule has 0 spiro atoms. The van der Waals surface area contributed by atoms with E-state index in [1.54, 1.807) is 0 Å². The quantitative estimate of drug-likeness (QED) is 0.823. The van der Waals surface area contributed by atoms with Crippen LogP contribution in [0, 0.1) is 11.8 Å². The molecule has 1 amide bonds. The van der Waals surface area contributed by atoms with Crippen molar-refractivity contribution in [3.63, 3.8) is 0 Å². The summed E-state index contributed by atoms with van der Waals surface area (Å²) in [4.78, 5) is 14.8. The monoisotopic (exact) mass is 281 g/mol. The number of nitrogens with one attached hydrogen (secondary N) is 2. The molecule has 0 bridgehead atoms. The number of hydrogen-bond donors (Lipinski definition) is 2. The highest BCUT2D eigenvalue weighted by atomic mass is 16.1. The maximum absolute atomic E-state index is 12.3. The minimum absolute atomic E-state index is 0.203. The van der Waals surface area contributed by atoms with Gasteiger partial charge >= 0.3 is 0 Å². The molecule has 0 aliphatic carbocycles. The maximum Gasteiger partial charge on any atom is 0.223 e. The fraction of sp³-hybridized carbons (Fsp3) is 0.938. The molecule has 4 heteroatoms. The Hall–Kier alpha value is -0.610. The Bertz CT molecular complexity index is 321. The summed E-state index contributed by atoms with van der Waals surface area (Å²) in [5, 5.41) is 6.63. The molecule has 2 rings (SSSR count). The van der Waals surface area contributed by atoms with Crippen LogP contribution < -0.4 is 10.6 Å². The van der Waals surface area contributed by atoms with Crippen LogP contribution in [0.5, 0.6) is 0 Å². The second-order valence-corrected chi connectivity index (χ2v) is 6.99. The predicted octanol–water partition coefficient (Wildman–Crippen LogP) is 1.61. The third kappa shape index (κ3) is 4.74. The van der Waals surface area contributed by atoms with Gasteiger partial charge in [-0.1, -0.05) is 6.92 Å². The van der Waals surface area contributed by atoms with Crippen LogP contribution in [-0.4, -0.2) is 49.1 Å². The van der Waals surface area contributed by atoms with E-state index < -0.39 is 0 Å². The van der Waals surface area contributed by atoms with Crippen LogP contribution in [0.4, 0.5) is 0 Å². The second-order valence-electron chi connectivity index (χ2n) is 6.99. The van der Waals surface area contributed by atoms with E-state index in [-0.39, 0.29) is 17.9 Å². The molecule has 4 nitrogen and oxygen atoms in total.